The maximum atomic E-state index is 9.67. The molecule has 8 nitrogen and oxygen atoms in total. The van der Waals surface area contributed by atoms with Gasteiger partial charge >= 0.3 is 0 Å². The number of rotatable bonds is 5. The molecule has 1 aliphatic carbocycles. The van der Waals surface area contributed by atoms with Crippen LogP contribution in [-0.4, -0.2) is 46.8 Å². The largest absolute Gasteiger partial charge is 0.393 e. The third-order valence-corrected chi connectivity index (χ3v) is 5.42. The van der Waals surface area contributed by atoms with Gasteiger partial charge in [-0.25, -0.2) is 9.97 Å². The van der Waals surface area contributed by atoms with Gasteiger partial charge < -0.3 is 10.4 Å². The second kappa shape index (κ2) is 7.38. The second-order valence-corrected chi connectivity index (χ2v) is 7.81. The number of nitrogens with zero attached hydrogens (tertiary/aromatic N) is 6. The Morgan fingerprint density at radius 1 is 0.933 bits per heavy atom. The molecule has 1 aliphatic rings. The van der Waals surface area contributed by atoms with Crippen molar-refractivity contribution in [2.45, 2.75) is 25.0 Å². The Bertz CT molecular complexity index is 1190. The van der Waals surface area contributed by atoms with Crippen molar-refractivity contribution >= 4 is 5.82 Å². The maximum absolute atomic E-state index is 9.67. The van der Waals surface area contributed by atoms with Gasteiger partial charge in [-0.15, -0.1) is 0 Å². The number of hydrogen-bond acceptors (Lipinski definition) is 6. The zero-order valence-electron chi connectivity index (χ0n) is 16.9. The van der Waals surface area contributed by atoms with E-state index >= 15 is 0 Å². The molecule has 1 saturated carbocycles. The van der Waals surface area contributed by atoms with E-state index in [-0.39, 0.29) is 12.1 Å². The summed E-state index contributed by atoms with van der Waals surface area (Å²) in [5.41, 5.74) is 4.91. The van der Waals surface area contributed by atoms with Crippen LogP contribution >= 0.6 is 0 Å². The van der Waals surface area contributed by atoms with Gasteiger partial charge in [0.1, 0.15) is 5.82 Å². The Morgan fingerprint density at radius 3 is 2.30 bits per heavy atom. The maximum Gasteiger partial charge on any atom is 0.161 e. The molecular weight excluding hydrogens is 378 g/mol. The summed E-state index contributed by atoms with van der Waals surface area (Å²) in [6, 6.07) is 8.35. The third-order valence-electron chi connectivity index (χ3n) is 5.42. The molecule has 0 aliphatic heterocycles. The van der Waals surface area contributed by atoms with Gasteiger partial charge in [-0.2, -0.15) is 10.2 Å². The van der Waals surface area contributed by atoms with Crippen molar-refractivity contribution in [3.63, 3.8) is 0 Å². The highest BCUT2D eigenvalue weighted by atomic mass is 16.3. The minimum Gasteiger partial charge on any atom is -0.393 e. The number of anilines is 1. The molecule has 1 aromatic carbocycles. The molecule has 0 bridgehead atoms. The third kappa shape index (κ3) is 3.57. The van der Waals surface area contributed by atoms with E-state index in [1.807, 2.05) is 57.2 Å². The summed E-state index contributed by atoms with van der Waals surface area (Å²) in [5, 5.41) is 21.7. The Hall–Kier alpha value is -3.52. The van der Waals surface area contributed by atoms with Crippen LogP contribution in [0.5, 0.6) is 0 Å². The molecule has 0 radical (unpaired) electrons. The van der Waals surface area contributed by atoms with Crippen molar-refractivity contribution in [3.05, 3.63) is 55.2 Å². The van der Waals surface area contributed by atoms with Gasteiger partial charge in [-0.3, -0.25) is 9.36 Å². The van der Waals surface area contributed by atoms with Crippen LogP contribution in [0, 0.1) is 0 Å². The minimum atomic E-state index is -0.234. The lowest BCUT2D eigenvalue weighted by Gasteiger charge is -2.32. The summed E-state index contributed by atoms with van der Waals surface area (Å²) in [5.74, 6) is 1.41. The summed E-state index contributed by atoms with van der Waals surface area (Å²) in [4.78, 5) is 9.50. The average molecular weight is 401 g/mol. The van der Waals surface area contributed by atoms with Crippen LogP contribution in [0.4, 0.5) is 5.82 Å². The van der Waals surface area contributed by atoms with Crippen LogP contribution < -0.4 is 5.32 Å². The highest BCUT2D eigenvalue weighted by Crippen LogP contribution is 2.32. The predicted molar refractivity (Wildman–Crippen MR) is 115 cm³/mol. The Kier molecular flexibility index (Phi) is 4.55. The lowest BCUT2D eigenvalue weighted by Crippen LogP contribution is -2.39. The number of aromatic nitrogens is 6. The Balaban J connectivity index is 1.53. The summed E-state index contributed by atoms with van der Waals surface area (Å²) >= 11 is 0. The fourth-order valence-electron chi connectivity index (χ4n) is 3.71. The molecule has 8 heteroatoms. The van der Waals surface area contributed by atoms with Gasteiger partial charge in [-0.1, -0.05) is 18.2 Å². The molecule has 152 valence electrons. The number of benzene rings is 1. The van der Waals surface area contributed by atoms with Gasteiger partial charge in [0.05, 0.1) is 18.5 Å². The molecule has 0 saturated heterocycles. The molecule has 0 atom stereocenters. The summed E-state index contributed by atoms with van der Waals surface area (Å²) < 4.78 is 3.55. The molecule has 0 amide bonds. The van der Waals surface area contributed by atoms with Crippen molar-refractivity contribution in [1.29, 1.82) is 0 Å². The molecule has 4 aromatic rings. The Morgan fingerprint density at radius 2 is 1.63 bits per heavy atom. The zero-order valence-corrected chi connectivity index (χ0v) is 16.9. The van der Waals surface area contributed by atoms with E-state index in [9.17, 15) is 5.11 Å². The fraction of sp³-hybridized carbons (Fsp3) is 0.273. The average Bonchev–Trinajstić information content (AvgIpc) is 3.35. The van der Waals surface area contributed by atoms with Crippen molar-refractivity contribution in [2.24, 2.45) is 14.1 Å². The molecule has 1 fully saturated rings. The van der Waals surface area contributed by atoms with Crippen LogP contribution in [0.3, 0.4) is 0 Å². The summed E-state index contributed by atoms with van der Waals surface area (Å²) in [6.07, 6.45) is 10.6. The highest BCUT2D eigenvalue weighted by molar-refractivity contribution is 5.76. The first-order valence-corrected chi connectivity index (χ1v) is 9.95. The SMILES string of the molecule is Cn1cc(-c2cccc(-c3ncc(-c4cnn(C)c4)c(NC4CC(O)C4)n3)c2)cn1. The lowest BCUT2D eigenvalue weighted by molar-refractivity contribution is 0.0835. The van der Waals surface area contributed by atoms with E-state index in [0.717, 1.165) is 46.5 Å². The minimum absolute atomic E-state index is 0.208. The molecule has 5 rings (SSSR count). The van der Waals surface area contributed by atoms with E-state index in [4.69, 9.17) is 4.98 Å². The van der Waals surface area contributed by atoms with Crippen molar-refractivity contribution in [3.8, 4) is 33.6 Å². The molecule has 0 spiro atoms. The highest BCUT2D eigenvalue weighted by Gasteiger charge is 2.28. The normalized spacial score (nSPS) is 18.2. The van der Waals surface area contributed by atoms with Crippen molar-refractivity contribution in [2.75, 3.05) is 5.32 Å². The van der Waals surface area contributed by atoms with Gasteiger partial charge in [0.15, 0.2) is 5.82 Å². The second-order valence-electron chi connectivity index (χ2n) is 7.81. The number of aliphatic hydroxyl groups is 1. The van der Waals surface area contributed by atoms with E-state index in [0.29, 0.717) is 5.82 Å². The molecular formula is C22H23N7O. The fourth-order valence-corrected chi connectivity index (χ4v) is 3.71. The van der Waals surface area contributed by atoms with Gasteiger partial charge in [0, 0.05) is 61.0 Å². The molecule has 3 aromatic heterocycles. The number of aliphatic hydroxyl groups excluding tert-OH is 1. The first kappa shape index (κ1) is 18.5. The van der Waals surface area contributed by atoms with E-state index in [2.05, 4.69) is 32.6 Å². The molecule has 30 heavy (non-hydrogen) atoms. The first-order chi connectivity index (χ1) is 14.5. The number of nitrogens with one attached hydrogen (secondary N) is 1. The first-order valence-electron chi connectivity index (χ1n) is 9.95. The summed E-state index contributed by atoms with van der Waals surface area (Å²) in [7, 11) is 3.79. The summed E-state index contributed by atoms with van der Waals surface area (Å²) in [6.45, 7) is 0. The number of aryl methyl sites for hydroxylation is 2. The van der Waals surface area contributed by atoms with E-state index in [1.54, 1.807) is 9.36 Å². The van der Waals surface area contributed by atoms with Crippen LogP contribution in [0.1, 0.15) is 12.8 Å². The van der Waals surface area contributed by atoms with E-state index in [1.165, 1.54) is 0 Å². The van der Waals surface area contributed by atoms with E-state index < -0.39 is 0 Å². The van der Waals surface area contributed by atoms with Crippen LogP contribution in [0.25, 0.3) is 33.6 Å². The van der Waals surface area contributed by atoms with Gasteiger partial charge in [0.25, 0.3) is 0 Å². The quantitative estimate of drug-likeness (QED) is 0.534. The zero-order chi connectivity index (χ0) is 20.7. The van der Waals surface area contributed by atoms with Gasteiger partial charge in [-0.05, 0) is 24.5 Å². The molecule has 2 N–H and O–H groups in total. The lowest BCUT2D eigenvalue weighted by atomic mass is 9.89. The standard InChI is InChI=1S/C22H23N7O/c1-28-12-16(9-24-28)14-4-3-5-15(6-14)21-23-11-20(17-10-25-29(2)13-17)22(27-21)26-18-7-19(30)8-18/h3-6,9-13,18-19,30H,7-8H2,1-2H3,(H,23,26,27). The van der Waals surface area contributed by atoms with Crippen LogP contribution in [0.2, 0.25) is 0 Å². The van der Waals surface area contributed by atoms with Crippen molar-refractivity contribution in [1.82, 2.24) is 29.5 Å². The van der Waals surface area contributed by atoms with Gasteiger partial charge in [0.2, 0.25) is 0 Å². The Labute approximate surface area is 174 Å². The monoisotopic (exact) mass is 401 g/mol. The number of hydrogen-bond donors (Lipinski definition) is 2. The topological polar surface area (TPSA) is 93.7 Å². The van der Waals surface area contributed by atoms with Crippen molar-refractivity contribution < 1.29 is 5.11 Å². The van der Waals surface area contributed by atoms with Crippen LogP contribution in [0.15, 0.2) is 55.2 Å². The van der Waals surface area contributed by atoms with Crippen LogP contribution in [-0.2, 0) is 14.1 Å². The smallest absolute Gasteiger partial charge is 0.161 e. The predicted octanol–water partition coefficient (Wildman–Crippen LogP) is 2.88. The molecule has 0 unspecified atom stereocenters. The molecule has 3 heterocycles.